The summed E-state index contributed by atoms with van der Waals surface area (Å²) >= 11 is 0. The predicted molar refractivity (Wildman–Crippen MR) is 72.4 cm³/mol. The average Bonchev–Trinajstić information content (AvgIpc) is 2.29. The molecule has 0 spiro atoms. The molecule has 0 fully saturated rings. The second kappa shape index (κ2) is 9.85. The molecule has 2 nitrogen and oxygen atoms in total. The van der Waals surface area contributed by atoms with Crippen LogP contribution in [0.15, 0.2) is 50.6 Å². The van der Waals surface area contributed by atoms with E-state index in [2.05, 4.69) is 26.3 Å². The summed E-state index contributed by atoms with van der Waals surface area (Å²) in [5, 5.41) is 0. The minimum Gasteiger partial charge on any atom is -0.402 e. The predicted octanol–water partition coefficient (Wildman–Crippen LogP) is 1.47. The first-order valence-electron chi connectivity index (χ1n) is 4.94. The Hall–Kier alpha value is -0.686. The minimum absolute atomic E-state index is 0.338. The van der Waals surface area contributed by atoms with Crippen LogP contribution in [-0.4, -0.2) is 26.3 Å². The van der Waals surface area contributed by atoms with E-state index in [0.29, 0.717) is 17.9 Å². The highest BCUT2D eigenvalue weighted by atomic mass is 28.2. The molecule has 15 heavy (non-hydrogen) atoms. The Bertz CT molecular complexity index is 179. The van der Waals surface area contributed by atoms with Crippen molar-refractivity contribution in [2.45, 2.75) is 11.1 Å². The monoisotopic (exact) mass is 240 g/mol. The van der Waals surface area contributed by atoms with E-state index in [4.69, 9.17) is 8.85 Å². The average molecular weight is 240 g/mol. The van der Waals surface area contributed by atoms with Gasteiger partial charge >= 0.3 is 0 Å². The summed E-state index contributed by atoms with van der Waals surface area (Å²) in [6.07, 6.45) is 7.47. The van der Waals surface area contributed by atoms with Gasteiger partial charge in [-0.15, -0.1) is 26.3 Å². The van der Waals surface area contributed by atoms with Gasteiger partial charge in [-0.1, -0.05) is 24.3 Å². The Kier molecular flexibility index (Phi) is 9.40. The topological polar surface area (TPSA) is 18.5 Å². The fraction of sp³-hybridized carbons (Fsp3) is 0.273. The molecule has 0 rings (SSSR count). The molecule has 0 radical (unpaired) electrons. The maximum absolute atomic E-state index is 5.46. The Morgan fingerprint density at radius 2 is 1.13 bits per heavy atom. The van der Waals surface area contributed by atoms with Crippen LogP contribution in [-0.2, 0) is 8.85 Å². The summed E-state index contributed by atoms with van der Waals surface area (Å²) < 4.78 is 10.9. The van der Waals surface area contributed by atoms with Crippen LogP contribution in [0.2, 0.25) is 11.1 Å². The summed E-state index contributed by atoms with van der Waals surface area (Å²) in [4.78, 5) is 0. The van der Waals surface area contributed by atoms with Crippen LogP contribution in [0.25, 0.3) is 0 Å². The molecular weight excluding hydrogens is 220 g/mol. The molecule has 84 valence electrons. The number of allylic oxidation sites excluding steroid dienone is 4. The molecule has 0 bridgehead atoms. The van der Waals surface area contributed by atoms with E-state index in [1.165, 1.54) is 0 Å². The SMILES string of the molecule is C=CC(C=C)[SiH2]OCO[SiH2]C(C=C)C=C. The molecular formula is C11H20O2Si2. The van der Waals surface area contributed by atoms with Crippen LogP contribution in [0, 0.1) is 0 Å². The second-order valence-electron chi connectivity index (χ2n) is 3.13. The van der Waals surface area contributed by atoms with Crippen LogP contribution >= 0.6 is 0 Å². The van der Waals surface area contributed by atoms with E-state index in [9.17, 15) is 0 Å². The summed E-state index contributed by atoms with van der Waals surface area (Å²) in [5.74, 6) is 0. The van der Waals surface area contributed by atoms with Gasteiger partial charge in [0.05, 0.1) is 0 Å². The van der Waals surface area contributed by atoms with Gasteiger partial charge in [-0.2, -0.15) is 0 Å². The first-order valence-corrected chi connectivity index (χ1v) is 7.73. The molecule has 0 aromatic heterocycles. The molecule has 0 N–H and O–H groups in total. The van der Waals surface area contributed by atoms with E-state index in [1.807, 2.05) is 24.3 Å². The van der Waals surface area contributed by atoms with Gasteiger partial charge in [-0.05, 0) is 0 Å². The minimum atomic E-state index is -0.623. The molecule has 0 aliphatic rings. The highest BCUT2D eigenvalue weighted by Crippen LogP contribution is 2.06. The molecule has 0 aromatic rings. The first kappa shape index (κ1) is 14.3. The van der Waals surface area contributed by atoms with Crippen molar-refractivity contribution in [1.29, 1.82) is 0 Å². The highest BCUT2D eigenvalue weighted by molar-refractivity contribution is 6.32. The van der Waals surface area contributed by atoms with Gasteiger partial charge < -0.3 is 8.85 Å². The van der Waals surface area contributed by atoms with Gasteiger partial charge in [-0.25, -0.2) is 0 Å². The molecule has 0 heterocycles. The maximum Gasteiger partial charge on any atom is 0.175 e. The Balaban J connectivity index is 3.45. The lowest BCUT2D eigenvalue weighted by Crippen LogP contribution is -2.12. The molecule has 0 aliphatic carbocycles. The Morgan fingerprint density at radius 1 is 0.800 bits per heavy atom. The van der Waals surface area contributed by atoms with Crippen molar-refractivity contribution < 1.29 is 8.85 Å². The first-order chi connectivity index (χ1) is 7.28. The zero-order valence-electron chi connectivity index (χ0n) is 9.23. The zero-order valence-corrected chi connectivity index (χ0v) is 12.1. The van der Waals surface area contributed by atoms with E-state index >= 15 is 0 Å². The normalized spacial score (nSPS) is 11.9. The lowest BCUT2D eigenvalue weighted by atomic mass is 10.4. The lowest BCUT2D eigenvalue weighted by Gasteiger charge is -2.10. The van der Waals surface area contributed by atoms with Gasteiger partial charge in [0.2, 0.25) is 0 Å². The number of rotatable bonds is 10. The number of hydrogen-bond acceptors (Lipinski definition) is 2. The van der Waals surface area contributed by atoms with Crippen LogP contribution in [0.4, 0.5) is 0 Å². The van der Waals surface area contributed by atoms with Gasteiger partial charge in [-0.3, -0.25) is 0 Å². The Labute approximate surface area is 97.3 Å². The van der Waals surface area contributed by atoms with E-state index in [-0.39, 0.29) is 0 Å². The standard InChI is InChI=1S/C11H20O2Si2/c1-5-10(6-2)14-12-9-13-15-11(7-3)8-4/h5-8,10-11H,1-4,9,14-15H2. The van der Waals surface area contributed by atoms with Crippen molar-refractivity contribution in [3.05, 3.63) is 50.6 Å². The quantitative estimate of drug-likeness (QED) is 0.249. The molecule has 0 unspecified atom stereocenters. The molecule has 0 saturated carbocycles. The van der Waals surface area contributed by atoms with Gasteiger partial charge in [0.1, 0.15) is 6.79 Å². The van der Waals surface area contributed by atoms with E-state index in [1.54, 1.807) is 0 Å². The summed E-state index contributed by atoms with van der Waals surface area (Å²) in [7, 11) is -1.25. The summed E-state index contributed by atoms with van der Waals surface area (Å²) in [6.45, 7) is 15.2. The van der Waals surface area contributed by atoms with Crippen molar-refractivity contribution in [2.75, 3.05) is 6.79 Å². The van der Waals surface area contributed by atoms with E-state index in [0.717, 1.165) is 0 Å². The van der Waals surface area contributed by atoms with Crippen LogP contribution in [0.3, 0.4) is 0 Å². The zero-order chi connectivity index (χ0) is 11.5. The van der Waals surface area contributed by atoms with Crippen LogP contribution < -0.4 is 0 Å². The largest absolute Gasteiger partial charge is 0.402 e. The molecule has 4 heteroatoms. The highest BCUT2D eigenvalue weighted by Gasteiger charge is 2.01. The molecule has 0 aromatic carbocycles. The van der Waals surface area contributed by atoms with Crippen molar-refractivity contribution in [2.24, 2.45) is 0 Å². The van der Waals surface area contributed by atoms with Crippen LogP contribution in [0.1, 0.15) is 0 Å². The maximum atomic E-state index is 5.46. The lowest BCUT2D eigenvalue weighted by molar-refractivity contribution is 0.128. The van der Waals surface area contributed by atoms with Crippen molar-refractivity contribution in [3.63, 3.8) is 0 Å². The summed E-state index contributed by atoms with van der Waals surface area (Å²) in [5.41, 5.74) is 0.676. The third-order valence-electron chi connectivity index (χ3n) is 2.00. The van der Waals surface area contributed by atoms with Gasteiger partial charge in [0, 0.05) is 11.1 Å². The van der Waals surface area contributed by atoms with Crippen molar-refractivity contribution in [3.8, 4) is 0 Å². The molecule has 0 amide bonds. The van der Waals surface area contributed by atoms with E-state index < -0.39 is 19.5 Å². The van der Waals surface area contributed by atoms with Crippen molar-refractivity contribution in [1.82, 2.24) is 0 Å². The third kappa shape index (κ3) is 7.27. The summed E-state index contributed by atoms with van der Waals surface area (Å²) in [6, 6.07) is 0. The number of hydrogen-bond donors (Lipinski definition) is 0. The fourth-order valence-electron chi connectivity index (χ4n) is 0.892. The van der Waals surface area contributed by atoms with Gasteiger partial charge in [0.25, 0.3) is 0 Å². The molecule has 0 aliphatic heterocycles. The fourth-order valence-corrected chi connectivity index (χ4v) is 2.64. The van der Waals surface area contributed by atoms with Crippen molar-refractivity contribution >= 4 is 19.5 Å². The smallest absolute Gasteiger partial charge is 0.175 e. The molecule has 0 atom stereocenters. The van der Waals surface area contributed by atoms with Gasteiger partial charge in [0.15, 0.2) is 19.5 Å². The molecule has 0 saturated heterocycles. The van der Waals surface area contributed by atoms with Crippen LogP contribution in [0.5, 0.6) is 0 Å². The Morgan fingerprint density at radius 3 is 1.40 bits per heavy atom. The third-order valence-corrected chi connectivity index (χ3v) is 4.91. The second-order valence-corrected chi connectivity index (χ2v) is 6.50.